The molecule has 9 heteroatoms. The molecule has 0 radical (unpaired) electrons. The highest BCUT2D eigenvalue weighted by atomic mass is 32.2. The SMILES string of the molecule is COS(=N)(=O)CCNc1ncnc(Nc2ccccc2)n1. The molecule has 0 aliphatic heterocycles. The lowest BCUT2D eigenvalue weighted by molar-refractivity contribution is 0.434. The molecule has 1 atom stereocenters. The zero-order valence-electron chi connectivity index (χ0n) is 11.4. The van der Waals surface area contributed by atoms with Crippen molar-refractivity contribution in [3.63, 3.8) is 0 Å². The molecule has 0 fully saturated rings. The van der Waals surface area contributed by atoms with E-state index in [2.05, 4.69) is 29.8 Å². The van der Waals surface area contributed by atoms with Gasteiger partial charge < -0.3 is 10.6 Å². The van der Waals surface area contributed by atoms with Crippen LogP contribution >= 0.6 is 0 Å². The molecule has 0 aliphatic carbocycles. The molecule has 1 unspecified atom stereocenters. The molecular formula is C12H16N6O2S. The molecule has 0 bridgehead atoms. The smallest absolute Gasteiger partial charge is 0.231 e. The van der Waals surface area contributed by atoms with Crippen molar-refractivity contribution in [3.8, 4) is 0 Å². The number of hydrogen-bond acceptors (Lipinski definition) is 8. The fourth-order valence-electron chi connectivity index (χ4n) is 1.47. The molecule has 2 rings (SSSR count). The first-order valence-electron chi connectivity index (χ1n) is 6.16. The van der Waals surface area contributed by atoms with Crippen LogP contribution in [0.3, 0.4) is 0 Å². The number of rotatable bonds is 7. The van der Waals surface area contributed by atoms with Crippen LogP contribution in [0.15, 0.2) is 36.7 Å². The Morgan fingerprint density at radius 3 is 2.67 bits per heavy atom. The second-order valence-corrected chi connectivity index (χ2v) is 6.01. The van der Waals surface area contributed by atoms with Gasteiger partial charge in [0.05, 0.1) is 12.9 Å². The second-order valence-electron chi connectivity index (χ2n) is 4.04. The summed E-state index contributed by atoms with van der Waals surface area (Å²) in [6.07, 6.45) is 1.37. The Morgan fingerprint density at radius 2 is 1.95 bits per heavy atom. The van der Waals surface area contributed by atoms with Crippen molar-refractivity contribution in [1.29, 1.82) is 4.78 Å². The summed E-state index contributed by atoms with van der Waals surface area (Å²) in [4.78, 5) is 12.1. The van der Waals surface area contributed by atoms with Crippen LogP contribution in [-0.4, -0.2) is 38.6 Å². The Hall–Kier alpha value is -2.26. The van der Waals surface area contributed by atoms with E-state index in [9.17, 15) is 4.21 Å². The van der Waals surface area contributed by atoms with Gasteiger partial charge >= 0.3 is 0 Å². The van der Waals surface area contributed by atoms with E-state index < -0.39 is 10.0 Å². The van der Waals surface area contributed by atoms with Gasteiger partial charge in [0.2, 0.25) is 11.9 Å². The third-order valence-corrected chi connectivity index (χ3v) is 3.80. The number of nitrogens with zero attached hydrogens (tertiary/aromatic N) is 3. The molecule has 1 aromatic heterocycles. The van der Waals surface area contributed by atoms with E-state index >= 15 is 0 Å². The highest BCUT2D eigenvalue weighted by Crippen LogP contribution is 2.11. The predicted molar refractivity (Wildman–Crippen MR) is 80.8 cm³/mol. The fourth-order valence-corrected chi connectivity index (χ4v) is 2.01. The highest BCUT2D eigenvalue weighted by Gasteiger charge is 2.05. The van der Waals surface area contributed by atoms with Gasteiger partial charge in [-0.3, -0.25) is 4.18 Å². The lowest BCUT2D eigenvalue weighted by Gasteiger charge is -2.08. The number of nitrogens with one attached hydrogen (secondary N) is 3. The highest BCUT2D eigenvalue weighted by molar-refractivity contribution is 7.87. The molecule has 0 aliphatic rings. The second kappa shape index (κ2) is 6.95. The molecule has 0 amide bonds. The van der Waals surface area contributed by atoms with Crippen LogP contribution in [-0.2, 0) is 14.2 Å². The van der Waals surface area contributed by atoms with Crippen LogP contribution < -0.4 is 10.6 Å². The topological polar surface area (TPSA) is 113 Å². The third kappa shape index (κ3) is 4.97. The van der Waals surface area contributed by atoms with E-state index in [4.69, 9.17) is 4.78 Å². The van der Waals surface area contributed by atoms with E-state index in [1.165, 1.54) is 13.4 Å². The van der Waals surface area contributed by atoms with Crippen molar-refractivity contribution in [2.75, 3.05) is 30.0 Å². The first-order valence-corrected chi connectivity index (χ1v) is 7.81. The zero-order valence-corrected chi connectivity index (χ0v) is 12.3. The van der Waals surface area contributed by atoms with Crippen molar-refractivity contribution in [1.82, 2.24) is 15.0 Å². The van der Waals surface area contributed by atoms with Crippen molar-refractivity contribution in [2.24, 2.45) is 0 Å². The maximum Gasteiger partial charge on any atom is 0.231 e. The van der Waals surface area contributed by atoms with Gasteiger partial charge in [-0.05, 0) is 12.1 Å². The summed E-state index contributed by atoms with van der Waals surface area (Å²) in [5.74, 6) is 0.795. The monoisotopic (exact) mass is 308 g/mol. The molecule has 0 saturated carbocycles. The minimum absolute atomic E-state index is 0.0522. The summed E-state index contributed by atoms with van der Waals surface area (Å²) in [5.41, 5.74) is 0.864. The molecular weight excluding hydrogens is 292 g/mol. The maximum absolute atomic E-state index is 11.4. The number of benzene rings is 1. The van der Waals surface area contributed by atoms with Crippen LogP contribution in [0.4, 0.5) is 17.6 Å². The molecule has 1 heterocycles. The van der Waals surface area contributed by atoms with Crippen LogP contribution in [0.25, 0.3) is 0 Å². The molecule has 8 nitrogen and oxygen atoms in total. The lowest BCUT2D eigenvalue weighted by atomic mass is 10.3. The number of aromatic nitrogens is 3. The van der Waals surface area contributed by atoms with Gasteiger partial charge in [-0.15, -0.1) is 0 Å². The van der Waals surface area contributed by atoms with E-state index in [0.717, 1.165) is 5.69 Å². The number of anilines is 3. The van der Waals surface area contributed by atoms with Crippen molar-refractivity contribution in [3.05, 3.63) is 36.7 Å². The van der Waals surface area contributed by atoms with E-state index in [1.54, 1.807) is 0 Å². The zero-order chi connectivity index (χ0) is 15.1. The number of hydrogen-bond donors (Lipinski definition) is 3. The van der Waals surface area contributed by atoms with Crippen LogP contribution in [0, 0.1) is 4.78 Å². The van der Waals surface area contributed by atoms with Crippen molar-refractivity contribution in [2.45, 2.75) is 0 Å². The molecule has 0 spiro atoms. The van der Waals surface area contributed by atoms with Crippen molar-refractivity contribution >= 4 is 27.6 Å². The van der Waals surface area contributed by atoms with E-state index in [-0.39, 0.29) is 12.3 Å². The standard InChI is InChI=1S/C12H16N6O2S/c1-20-21(13,19)8-7-14-11-15-9-16-12(18-11)17-10-5-3-2-4-6-10/h2-6,9,13H,7-8H2,1H3,(H2,14,15,16,17,18). The minimum Gasteiger partial charge on any atom is -0.353 e. The Kier molecular flexibility index (Phi) is 5.01. The van der Waals surface area contributed by atoms with Gasteiger partial charge in [0.25, 0.3) is 0 Å². The molecule has 21 heavy (non-hydrogen) atoms. The summed E-state index contributed by atoms with van der Waals surface area (Å²) in [6.45, 7) is 0.269. The predicted octanol–water partition coefficient (Wildman–Crippen LogP) is 1.64. The third-order valence-electron chi connectivity index (χ3n) is 2.52. The van der Waals surface area contributed by atoms with E-state index in [1.807, 2.05) is 30.3 Å². The molecule has 2 aromatic rings. The Labute approximate surface area is 123 Å². The van der Waals surface area contributed by atoms with Crippen LogP contribution in [0.5, 0.6) is 0 Å². The van der Waals surface area contributed by atoms with Gasteiger partial charge in [-0.1, -0.05) is 18.2 Å². The normalized spacial score (nSPS) is 13.4. The molecule has 112 valence electrons. The molecule has 1 aromatic carbocycles. The Balaban J connectivity index is 1.95. The minimum atomic E-state index is -3.00. The quantitative estimate of drug-likeness (QED) is 0.712. The summed E-state index contributed by atoms with van der Waals surface area (Å²) in [7, 11) is -1.75. The summed E-state index contributed by atoms with van der Waals surface area (Å²) < 4.78 is 23.3. The Morgan fingerprint density at radius 1 is 1.24 bits per heavy atom. The van der Waals surface area contributed by atoms with Crippen LogP contribution in [0.1, 0.15) is 0 Å². The van der Waals surface area contributed by atoms with Gasteiger partial charge in [0.15, 0.2) is 10.0 Å². The summed E-state index contributed by atoms with van der Waals surface area (Å²) in [5, 5.41) is 5.92. The van der Waals surface area contributed by atoms with Gasteiger partial charge in [-0.25, -0.2) is 19.0 Å². The lowest BCUT2D eigenvalue weighted by Crippen LogP contribution is -2.17. The largest absolute Gasteiger partial charge is 0.353 e. The van der Waals surface area contributed by atoms with Crippen LogP contribution in [0.2, 0.25) is 0 Å². The fraction of sp³-hybridized carbons (Fsp3) is 0.250. The van der Waals surface area contributed by atoms with Gasteiger partial charge in [0.1, 0.15) is 6.33 Å². The average molecular weight is 308 g/mol. The average Bonchev–Trinajstić information content (AvgIpc) is 2.48. The maximum atomic E-state index is 11.4. The summed E-state index contributed by atoms with van der Waals surface area (Å²) in [6, 6.07) is 9.51. The van der Waals surface area contributed by atoms with E-state index in [0.29, 0.717) is 11.9 Å². The van der Waals surface area contributed by atoms with Gasteiger partial charge in [-0.2, -0.15) is 4.98 Å². The van der Waals surface area contributed by atoms with Crippen molar-refractivity contribution < 1.29 is 8.39 Å². The van der Waals surface area contributed by atoms with Gasteiger partial charge in [0, 0.05) is 12.2 Å². The molecule has 0 saturated heterocycles. The summed E-state index contributed by atoms with van der Waals surface area (Å²) >= 11 is 0. The molecule has 3 N–H and O–H groups in total. The number of para-hydroxylation sites is 1. The Bertz CT molecular complexity index is 677. The first-order chi connectivity index (χ1) is 10.1. The first kappa shape index (κ1) is 15.1.